The molecule has 0 aliphatic heterocycles. The zero-order chi connectivity index (χ0) is 14.1. The predicted molar refractivity (Wildman–Crippen MR) is 49.4 cm³/mol. The van der Waals surface area contributed by atoms with E-state index in [1.807, 2.05) is 0 Å². The molecule has 0 aromatic carbocycles. The largest absolute Gasteiger partial charge is 0.427 e. The smallest absolute Gasteiger partial charge is 0.372 e. The van der Waals surface area contributed by atoms with Crippen LogP contribution in [0.25, 0.3) is 0 Å². The summed E-state index contributed by atoms with van der Waals surface area (Å²) in [5.74, 6) is 0. The van der Waals surface area contributed by atoms with Crippen LogP contribution in [0.3, 0.4) is 0 Å². The molecule has 1 N–H and O–H groups in total. The number of halogens is 6. The van der Waals surface area contributed by atoms with Crippen LogP contribution < -0.4 is 0 Å². The van der Waals surface area contributed by atoms with Gasteiger partial charge in [-0.1, -0.05) is 13.8 Å². The van der Waals surface area contributed by atoms with Gasteiger partial charge in [-0.15, -0.1) is 0 Å². The summed E-state index contributed by atoms with van der Waals surface area (Å²) in [4.78, 5) is 0.904. The van der Waals surface area contributed by atoms with Crippen molar-refractivity contribution in [3.63, 3.8) is 0 Å². The second-order valence-electron chi connectivity index (χ2n) is 3.66. The Morgan fingerprint density at radius 3 is 1.39 bits per heavy atom. The molecule has 0 bridgehead atoms. The Morgan fingerprint density at radius 2 is 1.22 bits per heavy atom. The molecule has 0 spiro atoms. The van der Waals surface area contributed by atoms with Crippen molar-refractivity contribution in [1.82, 2.24) is 4.90 Å². The molecule has 0 heterocycles. The van der Waals surface area contributed by atoms with Crippen LogP contribution >= 0.6 is 0 Å². The Bertz CT molecular complexity index is 236. The molecule has 0 saturated carbocycles. The Hall–Kier alpha value is -0.00649. The first-order chi connectivity index (χ1) is 7.43. The summed E-state index contributed by atoms with van der Waals surface area (Å²) in [6, 6.07) is -2.10. The minimum absolute atomic E-state index is 0. The summed E-state index contributed by atoms with van der Waals surface area (Å²) in [5, 5.41) is 9.09. The average molecular weight is 326 g/mol. The van der Waals surface area contributed by atoms with Gasteiger partial charge in [0.25, 0.3) is 5.60 Å². The zero-order valence-corrected chi connectivity index (χ0v) is 11.0. The van der Waals surface area contributed by atoms with Gasteiger partial charge in [0.2, 0.25) is 0 Å². The predicted octanol–water partition coefficient (Wildman–Crippen LogP) is 2.57. The van der Waals surface area contributed by atoms with Gasteiger partial charge in [-0.2, -0.15) is 26.3 Å². The van der Waals surface area contributed by atoms with Crippen LogP contribution in [0.2, 0.25) is 0 Å². The van der Waals surface area contributed by atoms with E-state index >= 15 is 0 Å². The van der Waals surface area contributed by atoms with Crippen LogP contribution in [-0.4, -0.2) is 47.1 Å². The van der Waals surface area contributed by atoms with Gasteiger partial charge in [0.05, 0.1) is 6.04 Å². The fourth-order valence-electron chi connectivity index (χ4n) is 1.67. The first kappa shape index (κ1) is 20.3. The van der Waals surface area contributed by atoms with Gasteiger partial charge in [-0.05, 0) is 20.0 Å². The molecule has 2 nitrogen and oxygen atoms in total. The fourth-order valence-corrected chi connectivity index (χ4v) is 1.67. The van der Waals surface area contributed by atoms with E-state index in [9.17, 15) is 26.3 Å². The number of alkyl halides is 6. The summed E-state index contributed by atoms with van der Waals surface area (Å²) >= 11 is 0. The quantitative estimate of drug-likeness (QED) is 0.634. The van der Waals surface area contributed by atoms with Crippen molar-refractivity contribution in [2.45, 2.75) is 44.8 Å². The average Bonchev–Trinajstić information content (AvgIpc) is 2.14. The van der Waals surface area contributed by atoms with Gasteiger partial charge >= 0.3 is 12.4 Å². The van der Waals surface area contributed by atoms with Crippen LogP contribution in [0.4, 0.5) is 26.3 Å². The van der Waals surface area contributed by atoms with Crippen LogP contribution in [0.15, 0.2) is 0 Å². The second kappa shape index (κ2) is 6.43. The third-order valence-corrected chi connectivity index (χ3v) is 2.83. The molecule has 1 atom stereocenters. The molecular formula is C9H15F6NNiO. The molecule has 0 aliphatic rings. The maximum absolute atomic E-state index is 12.5. The number of likely N-dealkylation sites (N-methyl/N-ethyl adjacent to an activating group) is 1. The number of rotatable bonds is 4. The van der Waals surface area contributed by atoms with E-state index in [0.29, 0.717) is 6.92 Å². The Morgan fingerprint density at radius 1 is 0.944 bits per heavy atom. The third-order valence-electron chi connectivity index (χ3n) is 2.83. The molecule has 0 rings (SSSR count). The van der Waals surface area contributed by atoms with Gasteiger partial charge in [-0.3, -0.25) is 4.90 Å². The van der Waals surface area contributed by atoms with Crippen molar-refractivity contribution in [3.8, 4) is 0 Å². The first-order valence-electron chi connectivity index (χ1n) is 5.03. The van der Waals surface area contributed by atoms with E-state index in [1.165, 1.54) is 13.8 Å². The van der Waals surface area contributed by atoms with Crippen LogP contribution in [0, 0.1) is 0 Å². The Kier molecular flexibility index (Phi) is 7.26. The molecule has 18 heavy (non-hydrogen) atoms. The van der Waals surface area contributed by atoms with Crippen LogP contribution in [0.5, 0.6) is 0 Å². The molecule has 0 aromatic heterocycles. The second-order valence-corrected chi connectivity index (χ2v) is 3.66. The standard InChI is InChI=1S/C9H15F6NO.Ni/c1-4-16(5-2)6(3)7(17,8(10,11)12)9(13,14)15;/h6,17H,4-5H2,1-3H3;. The molecular weight excluding hydrogens is 311 g/mol. The zero-order valence-electron chi connectivity index (χ0n) is 9.97. The van der Waals surface area contributed by atoms with E-state index in [-0.39, 0.29) is 29.6 Å². The minimum atomic E-state index is -5.77. The van der Waals surface area contributed by atoms with Crippen LogP contribution in [0.1, 0.15) is 20.8 Å². The van der Waals surface area contributed by atoms with E-state index in [2.05, 4.69) is 0 Å². The summed E-state index contributed by atoms with van der Waals surface area (Å²) in [6.07, 6.45) is -11.5. The minimum Gasteiger partial charge on any atom is -0.372 e. The summed E-state index contributed by atoms with van der Waals surface area (Å²) in [5.41, 5.74) is -4.72. The molecule has 0 saturated heterocycles. The van der Waals surface area contributed by atoms with Crippen molar-refractivity contribution < 1.29 is 47.9 Å². The van der Waals surface area contributed by atoms with E-state index < -0.39 is 24.0 Å². The number of hydrogen-bond donors (Lipinski definition) is 1. The fraction of sp³-hybridized carbons (Fsp3) is 1.00. The van der Waals surface area contributed by atoms with Crippen LogP contribution in [-0.2, 0) is 16.5 Å². The summed E-state index contributed by atoms with van der Waals surface area (Å²) < 4.78 is 74.9. The van der Waals surface area contributed by atoms with E-state index in [1.54, 1.807) is 0 Å². The third kappa shape index (κ3) is 3.51. The summed E-state index contributed by atoms with van der Waals surface area (Å²) in [6.45, 7) is 3.52. The molecule has 9 heteroatoms. The van der Waals surface area contributed by atoms with Crippen molar-refractivity contribution in [3.05, 3.63) is 0 Å². The van der Waals surface area contributed by atoms with Gasteiger partial charge in [0, 0.05) is 16.5 Å². The van der Waals surface area contributed by atoms with Crippen molar-refractivity contribution in [2.24, 2.45) is 0 Å². The number of hydrogen-bond acceptors (Lipinski definition) is 2. The van der Waals surface area contributed by atoms with Gasteiger partial charge < -0.3 is 5.11 Å². The molecule has 0 amide bonds. The van der Waals surface area contributed by atoms with Gasteiger partial charge in [0.15, 0.2) is 0 Å². The molecule has 1 unspecified atom stereocenters. The molecule has 0 radical (unpaired) electrons. The molecule has 0 aromatic rings. The van der Waals surface area contributed by atoms with Crippen molar-refractivity contribution in [2.75, 3.05) is 13.1 Å². The van der Waals surface area contributed by atoms with E-state index in [4.69, 9.17) is 5.11 Å². The molecule has 0 fully saturated rings. The monoisotopic (exact) mass is 325 g/mol. The van der Waals surface area contributed by atoms with Crippen molar-refractivity contribution >= 4 is 0 Å². The Balaban J connectivity index is 0. The number of aliphatic hydroxyl groups is 1. The first-order valence-corrected chi connectivity index (χ1v) is 5.03. The summed E-state index contributed by atoms with van der Waals surface area (Å²) in [7, 11) is 0. The SMILES string of the molecule is CCN(CC)C(C)C(O)(C(F)(F)F)C(F)(F)F.[Ni]. The molecule has 114 valence electrons. The number of nitrogens with zero attached hydrogens (tertiary/aromatic N) is 1. The van der Waals surface area contributed by atoms with Gasteiger partial charge in [-0.25, -0.2) is 0 Å². The topological polar surface area (TPSA) is 23.5 Å². The van der Waals surface area contributed by atoms with E-state index in [0.717, 1.165) is 4.90 Å². The maximum atomic E-state index is 12.5. The molecule has 0 aliphatic carbocycles. The normalized spacial score (nSPS) is 15.5. The van der Waals surface area contributed by atoms with Gasteiger partial charge in [0.1, 0.15) is 0 Å². The maximum Gasteiger partial charge on any atom is 0.427 e. The Labute approximate surface area is 111 Å². The van der Waals surface area contributed by atoms with Crippen molar-refractivity contribution in [1.29, 1.82) is 0 Å².